The van der Waals surface area contributed by atoms with Crippen molar-refractivity contribution >= 4 is 16.7 Å². The third kappa shape index (κ3) is 4.72. The number of aryl methyl sites for hydroxylation is 1. The van der Waals surface area contributed by atoms with Gasteiger partial charge in [-0.1, -0.05) is 33.8 Å². The summed E-state index contributed by atoms with van der Waals surface area (Å²) in [6.45, 7) is 11.7. The SMILES string of the molecule is CC.COC(=O)C1(C)CC(Oc2nc(C(C)C)c(-c3ccc(F)c(C)c3)c3ccc(O)cc23)C1. The van der Waals surface area contributed by atoms with Crippen molar-refractivity contribution in [1.29, 1.82) is 0 Å². The Balaban J connectivity index is 0.00000158. The lowest BCUT2D eigenvalue weighted by Gasteiger charge is -2.42. The summed E-state index contributed by atoms with van der Waals surface area (Å²) in [4.78, 5) is 16.9. The van der Waals surface area contributed by atoms with Crippen molar-refractivity contribution < 1.29 is 23.8 Å². The number of halogens is 1. The van der Waals surface area contributed by atoms with Crippen LogP contribution in [0.4, 0.5) is 4.39 Å². The fraction of sp³-hybridized carbons (Fsp3) is 0.429. The van der Waals surface area contributed by atoms with Crippen molar-refractivity contribution in [3.05, 3.63) is 53.5 Å². The summed E-state index contributed by atoms with van der Waals surface area (Å²) in [6, 6.07) is 10.2. The van der Waals surface area contributed by atoms with Crippen molar-refractivity contribution in [1.82, 2.24) is 4.98 Å². The highest BCUT2D eigenvalue weighted by molar-refractivity contribution is 6.01. The number of benzene rings is 2. The maximum Gasteiger partial charge on any atom is 0.311 e. The Bertz CT molecular complexity index is 1200. The number of pyridine rings is 1. The van der Waals surface area contributed by atoms with Gasteiger partial charge in [-0.25, -0.2) is 9.37 Å². The van der Waals surface area contributed by atoms with Gasteiger partial charge in [0.25, 0.3) is 0 Å². The zero-order valence-electron chi connectivity index (χ0n) is 21.0. The normalized spacial score (nSPS) is 19.3. The summed E-state index contributed by atoms with van der Waals surface area (Å²) >= 11 is 0. The lowest BCUT2D eigenvalue weighted by atomic mass is 9.68. The van der Waals surface area contributed by atoms with E-state index in [1.54, 1.807) is 25.1 Å². The molecule has 2 aromatic carbocycles. The number of phenols is 1. The fourth-order valence-corrected chi connectivity index (χ4v) is 4.50. The van der Waals surface area contributed by atoms with Crippen LogP contribution in [0.15, 0.2) is 36.4 Å². The summed E-state index contributed by atoms with van der Waals surface area (Å²) in [7, 11) is 1.39. The molecule has 34 heavy (non-hydrogen) atoms. The van der Waals surface area contributed by atoms with Gasteiger partial charge in [0.1, 0.15) is 17.7 Å². The molecule has 6 heteroatoms. The Morgan fingerprint density at radius 3 is 2.41 bits per heavy atom. The van der Waals surface area contributed by atoms with Gasteiger partial charge in [-0.2, -0.15) is 0 Å². The molecule has 1 fully saturated rings. The maximum atomic E-state index is 13.9. The van der Waals surface area contributed by atoms with Crippen molar-refractivity contribution in [2.24, 2.45) is 5.41 Å². The Hall–Kier alpha value is -3.15. The predicted molar refractivity (Wildman–Crippen MR) is 133 cm³/mol. The van der Waals surface area contributed by atoms with Crippen LogP contribution >= 0.6 is 0 Å². The number of carbonyl (C=O) groups excluding carboxylic acids is 1. The quantitative estimate of drug-likeness (QED) is 0.412. The van der Waals surface area contributed by atoms with E-state index < -0.39 is 5.41 Å². The molecule has 1 aliphatic carbocycles. The summed E-state index contributed by atoms with van der Waals surface area (Å²) in [5, 5.41) is 11.7. The molecule has 5 nitrogen and oxygen atoms in total. The first kappa shape index (κ1) is 25.5. The molecule has 1 aromatic heterocycles. The molecule has 0 saturated heterocycles. The number of rotatable bonds is 5. The number of nitrogens with zero attached hydrogens (tertiary/aromatic N) is 1. The Morgan fingerprint density at radius 2 is 1.82 bits per heavy atom. The van der Waals surface area contributed by atoms with Crippen LogP contribution in [-0.4, -0.2) is 29.3 Å². The molecular weight excluding hydrogens is 433 g/mol. The van der Waals surface area contributed by atoms with E-state index in [9.17, 15) is 14.3 Å². The number of methoxy groups -OCH3 is 1. The second-order valence-electron chi connectivity index (χ2n) is 9.23. The molecule has 3 aromatic rings. The predicted octanol–water partition coefficient (Wildman–Crippen LogP) is 6.93. The van der Waals surface area contributed by atoms with E-state index in [-0.39, 0.29) is 29.6 Å². The van der Waals surface area contributed by atoms with E-state index in [1.807, 2.05) is 32.9 Å². The molecule has 0 bridgehead atoms. The van der Waals surface area contributed by atoms with Crippen LogP contribution in [0.3, 0.4) is 0 Å². The molecule has 1 aliphatic rings. The molecule has 1 heterocycles. The topological polar surface area (TPSA) is 68.7 Å². The summed E-state index contributed by atoms with van der Waals surface area (Å²) in [5.41, 5.74) is 2.60. The minimum Gasteiger partial charge on any atom is -0.508 e. The number of fused-ring (bicyclic) bond motifs is 1. The van der Waals surface area contributed by atoms with Crippen LogP contribution in [0.2, 0.25) is 0 Å². The fourth-order valence-electron chi connectivity index (χ4n) is 4.50. The first-order chi connectivity index (χ1) is 16.1. The number of aromatic hydroxyl groups is 1. The van der Waals surface area contributed by atoms with Gasteiger partial charge in [0.2, 0.25) is 5.88 Å². The summed E-state index contributed by atoms with van der Waals surface area (Å²) in [6.07, 6.45) is 0.908. The van der Waals surface area contributed by atoms with E-state index in [1.165, 1.54) is 13.2 Å². The number of hydrogen-bond donors (Lipinski definition) is 1. The number of phenolic OH excluding ortho intramolecular Hbond substituents is 1. The molecule has 0 atom stereocenters. The molecule has 1 saturated carbocycles. The Morgan fingerprint density at radius 1 is 1.15 bits per heavy atom. The largest absolute Gasteiger partial charge is 0.508 e. The van der Waals surface area contributed by atoms with Crippen molar-refractivity contribution in [3.63, 3.8) is 0 Å². The minimum absolute atomic E-state index is 0.0811. The van der Waals surface area contributed by atoms with Gasteiger partial charge in [-0.05, 0) is 66.6 Å². The smallest absolute Gasteiger partial charge is 0.311 e. The van der Waals surface area contributed by atoms with Crippen LogP contribution in [0, 0.1) is 18.2 Å². The molecule has 4 rings (SSSR count). The highest BCUT2D eigenvalue weighted by Gasteiger charge is 2.49. The average molecular weight is 468 g/mol. The lowest BCUT2D eigenvalue weighted by Crippen LogP contribution is -2.47. The highest BCUT2D eigenvalue weighted by Crippen LogP contribution is 2.46. The van der Waals surface area contributed by atoms with Crippen LogP contribution in [0.1, 0.15) is 64.6 Å². The molecule has 0 aliphatic heterocycles. The van der Waals surface area contributed by atoms with Gasteiger partial charge in [0.05, 0.1) is 18.2 Å². The van der Waals surface area contributed by atoms with Gasteiger partial charge in [0.15, 0.2) is 0 Å². The standard InChI is InChI=1S/C26H28FNO4.C2H6/c1-14(2)23-22(16-6-9-21(27)15(3)10-16)19-8-7-17(29)11-20(19)24(28-23)32-18-12-26(4,13-18)25(30)31-5;1-2/h6-11,14,18,29H,12-13H2,1-5H3;1-2H3. The van der Waals surface area contributed by atoms with Crippen molar-refractivity contribution in [2.45, 2.75) is 66.4 Å². The molecule has 0 radical (unpaired) electrons. The van der Waals surface area contributed by atoms with Gasteiger partial charge >= 0.3 is 5.97 Å². The first-order valence-corrected chi connectivity index (χ1v) is 11.8. The minimum atomic E-state index is -0.552. The molecule has 182 valence electrons. The Labute approximate surface area is 200 Å². The number of aromatic nitrogens is 1. The second kappa shape index (κ2) is 10.00. The number of hydrogen-bond acceptors (Lipinski definition) is 5. The van der Waals surface area contributed by atoms with Gasteiger partial charge < -0.3 is 14.6 Å². The maximum absolute atomic E-state index is 13.9. The third-order valence-electron chi connectivity index (χ3n) is 6.29. The van der Waals surface area contributed by atoms with E-state index >= 15 is 0 Å². The molecule has 0 amide bonds. The van der Waals surface area contributed by atoms with Crippen LogP contribution in [0.25, 0.3) is 21.9 Å². The van der Waals surface area contributed by atoms with E-state index in [4.69, 9.17) is 14.5 Å². The van der Waals surface area contributed by atoms with E-state index in [0.717, 1.165) is 22.2 Å². The van der Waals surface area contributed by atoms with E-state index in [0.29, 0.717) is 29.7 Å². The Kier molecular flexibility index (Phi) is 7.49. The van der Waals surface area contributed by atoms with Gasteiger partial charge in [-0.15, -0.1) is 0 Å². The molecular formula is C28H34FNO4. The summed E-state index contributed by atoms with van der Waals surface area (Å²) in [5.74, 6) is 0.124. The number of esters is 1. The summed E-state index contributed by atoms with van der Waals surface area (Å²) < 4.78 is 25.1. The molecule has 0 spiro atoms. The average Bonchev–Trinajstić information content (AvgIpc) is 2.80. The van der Waals surface area contributed by atoms with Crippen molar-refractivity contribution in [3.8, 4) is 22.8 Å². The van der Waals surface area contributed by atoms with Crippen LogP contribution in [-0.2, 0) is 9.53 Å². The van der Waals surface area contributed by atoms with Crippen molar-refractivity contribution in [2.75, 3.05) is 7.11 Å². The van der Waals surface area contributed by atoms with Crippen LogP contribution < -0.4 is 4.74 Å². The van der Waals surface area contributed by atoms with Gasteiger partial charge in [-0.3, -0.25) is 4.79 Å². The van der Waals surface area contributed by atoms with Crippen LogP contribution in [0.5, 0.6) is 11.6 Å². The zero-order valence-corrected chi connectivity index (χ0v) is 21.0. The molecule has 1 N–H and O–H groups in total. The number of carbonyl (C=O) groups is 1. The van der Waals surface area contributed by atoms with E-state index in [2.05, 4.69) is 13.8 Å². The van der Waals surface area contributed by atoms with Gasteiger partial charge in [0, 0.05) is 23.8 Å². The lowest BCUT2D eigenvalue weighted by molar-refractivity contribution is -0.163. The first-order valence-electron chi connectivity index (χ1n) is 11.8. The second-order valence-corrected chi connectivity index (χ2v) is 9.23. The number of ether oxygens (including phenoxy) is 2. The zero-order chi connectivity index (χ0) is 25.2. The third-order valence-corrected chi connectivity index (χ3v) is 6.29. The monoisotopic (exact) mass is 467 g/mol. The molecule has 0 unspecified atom stereocenters. The highest BCUT2D eigenvalue weighted by atomic mass is 19.1.